The van der Waals surface area contributed by atoms with Gasteiger partial charge in [-0.25, -0.2) is 0 Å². The van der Waals surface area contributed by atoms with Crippen LogP contribution in [0.2, 0.25) is 0 Å². The maximum absolute atomic E-state index is 12.0. The van der Waals surface area contributed by atoms with Gasteiger partial charge < -0.3 is 4.74 Å². The molecule has 2 atom stereocenters. The molecule has 4 nitrogen and oxygen atoms in total. The Morgan fingerprint density at radius 2 is 1.89 bits per heavy atom. The maximum atomic E-state index is 12.0. The Kier molecular flexibility index (Phi) is 8.24. The Bertz CT molecular complexity index is 287. The van der Waals surface area contributed by atoms with Crippen LogP contribution in [0.4, 0.5) is 0 Å². The van der Waals surface area contributed by atoms with Crippen molar-refractivity contribution in [3.63, 3.8) is 0 Å². The van der Waals surface area contributed by atoms with Crippen molar-refractivity contribution >= 4 is 14.0 Å². The van der Waals surface area contributed by atoms with Gasteiger partial charge in [0.1, 0.15) is 5.92 Å². The first kappa shape index (κ1) is 16.6. The largest absolute Gasteiger partial charge is 0.508 e. The molecule has 2 unspecified atom stereocenters. The van der Waals surface area contributed by atoms with E-state index in [0.717, 1.165) is 6.42 Å². The SMILES string of the molecule is CCOC(=O)C(CC1CCCCC1)C[P+](=O)OCC. The van der Waals surface area contributed by atoms with Crippen LogP contribution in [-0.4, -0.2) is 25.3 Å². The van der Waals surface area contributed by atoms with Crippen molar-refractivity contribution < 1.29 is 18.6 Å². The number of ether oxygens (including phenoxy) is 1. The monoisotopic (exact) mass is 289 g/mol. The average molecular weight is 289 g/mol. The number of esters is 1. The Hall–Kier alpha value is -0.470. The van der Waals surface area contributed by atoms with Crippen molar-refractivity contribution in [3.8, 4) is 0 Å². The van der Waals surface area contributed by atoms with Gasteiger partial charge in [0.05, 0.1) is 13.2 Å². The lowest BCUT2D eigenvalue weighted by Gasteiger charge is -2.23. The summed E-state index contributed by atoms with van der Waals surface area (Å²) in [5.41, 5.74) is 0. The highest BCUT2D eigenvalue weighted by Gasteiger charge is 2.33. The lowest BCUT2D eigenvalue weighted by Crippen LogP contribution is -2.24. The van der Waals surface area contributed by atoms with Crippen molar-refractivity contribution in [1.29, 1.82) is 0 Å². The van der Waals surface area contributed by atoms with E-state index in [0.29, 0.717) is 25.3 Å². The third kappa shape index (κ3) is 6.49. The second kappa shape index (κ2) is 9.44. The third-order valence-corrected chi connectivity index (χ3v) is 4.89. The zero-order valence-corrected chi connectivity index (χ0v) is 13.0. The van der Waals surface area contributed by atoms with Gasteiger partial charge in [0.25, 0.3) is 0 Å². The molecule has 0 aromatic heterocycles. The molecule has 19 heavy (non-hydrogen) atoms. The van der Waals surface area contributed by atoms with Gasteiger partial charge in [0.2, 0.25) is 0 Å². The summed E-state index contributed by atoms with van der Waals surface area (Å²) in [5, 5.41) is 0. The Balaban J connectivity index is 2.52. The minimum atomic E-state index is -1.74. The Labute approximate surface area is 117 Å². The third-order valence-electron chi connectivity index (χ3n) is 3.61. The van der Waals surface area contributed by atoms with E-state index in [1.165, 1.54) is 32.1 Å². The first-order valence-corrected chi connectivity index (χ1v) is 8.77. The van der Waals surface area contributed by atoms with Gasteiger partial charge in [-0.1, -0.05) is 32.1 Å². The molecule has 0 heterocycles. The van der Waals surface area contributed by atoms with Crippen LogP contribution in [-0.2, 0) is 18.6 Å². The summed E-state index contributed by atoms with van der Waals surface area (Å²) in [4.78, 5) is 12.0. The van der Waals surface area contributed by atoms with Crippen LogP contribution < -0.4 is 0 Å². The van der Waals surface area contributed by atoms with E-state index >= 15 is 0 Å². The van der Waals surface area contributed by atoms with Crippen molar-refractivity contribution in [2.75, 3.05) is 19.4 Å². The predicted molar refractivity (Wildman–Crippen MR) is 75.4 cm³/mol. The molecule has 0 radical (unpaired) electrons. The number of hydrogen-bond acceptors (Lipinski definition) is 4. The van der Waals surface area contributed by atoms with Gasteiger partial charge in [-0.05, 0) is 30.8 Å². The summed E-state index contributed by atoms with van der Waals surface area (Å²) in [6.07, 6.45) is 7.26. The van der Waals surface area contributed by atoms with E-state index in [-0.39, 0.29) is 11.9 Å². The molecule has 0 amide bonds. The zero-order chi connectivity index (χ0) is 14.1. The molecular formula is C14H26O4P+. The van der Waals surface area contributed by atoms with Gasteiger partial charge >= 0.3 is 14.0 Å². The quantitative estimate of drug-likeness (QED) is 0.502. The second-order valence-corrected chi connectivity index (χ2v) is 6.41. The molecule has 1 aliphatic rings. The van der Waals surface area contributed by atoms with E-state index in [9.17, 15) is 9.36 Å². The van der Waals surface area contributed by atoms with Gasteiger partial charge in [0.15, 0.2) is 6.16 Å². The van der Waals surface area contributed by atoms with Crippen LogP contribution in [0, 0.1) is 11.8 Å². The molecule has 5 heteroatoms. The molecule has 1 rings (SSSR count). The highest BCUT2D eigenvalue weighted by Crippen LogP contribution is 2.34. The lowest BCUT2D eigenvalue weighted by atomic mass is 9.83. The molecule has 0 bridgehead atoms. The number of carbonyl (C=O) groups excluding carboxylic acids is 1. The molecule has 0 aromatic rings. The van der Waals surface area contributed by atoms with Crippen LogP contribution in [0.15, 0.2) is 0 Å². The zero-order valence-electron chi connectivity index (χ0n) is 12.1. The standard InChI is InChI=1S/C14H26O4P/c1-3-17-14(15)13(11-19(16)18-4-2)10-12-8-6-5-7-9-12/h12-13H,3-11H2,1-2H3/q+1. The van der Waals surface area contributed by atoms with E-state index in [1.54, 1.807) is 6.92 Å². The minimum absolute atomic E-state index is 0.212. The molecule has 0 saturated heterocycles. The van der Waals surface area contributed by atoms with Crippen LogP contribution in [0.5, 0.6) is 0 Å². The number of rotatable bonds is 8. The van der Waals surface area contributed by atoms with Crippen LogP contribution in [0.1, 0.15) is 52.4 Å². The summed E-state index contributed by atoms with van der Waals surface area (Å²) in [7, 11) is -1.74. The fourth-order valence-corrected chi connectivity index (χ4v) is 3.76. The molecule has 0 aliphatic heterocycles. The fraction of sp³-hybridized carbons (Fsp3) is 0.929. The highest BCUT2D eigenvalue weighted by atomic mass is 31.1. The first-order valence-electron chi connectivity index (χ1n) is 7.41. The van der Waals surface area contributed by atoms with Gasteiger partial charge in [0, 0.05) is 0 Å². The molecule has 1 fully saturated rings. The van der Waals surface area contributed by atoms with E-state index in [2.05, 4.69) is 0 Å². The van der Waals surface area contributed by atoms with E-state index < -0.39 is 8.03 Å². The smallest absolute Gasteiger partial charge is 0.466 e. The summed E-state index contributed by atoms with van der Waals surface area (Å²) in [5.74, 6) is 0.0996. The minimum Gasteiger partial charge on any atom is -0.466 e. The van der Waals surface area contributed by atoms with Crippen molar-refractivity contribution in [2.45, 2.75) is 52.4 Å². The lowest BCUT2D eigenvalue weighted by molar-refractivity contribution is -0.148. The summed E-state index contributed by atoms with van der Waals surface area (Å²) < 4.78 is 21.9. The number of hydrogen-bond donors (Lipinski definition) is 0. The maximum Gasteiger partial charge on any atom is 0.508 e. The first-order chi connectivity index (χ1) is 9.17. The summed E-state index contributed by atoms with van der Waals surface area (Å²) in [6.45, 7) is 4.42. The average Bonchev–Trinajstić information content (AvgIpc) is 2.40. The van der Waals surface area contributed by atoms with E-state index in [4.69, 9.17) is 9.26 Å². The van der Waals surface area contributed by atoms with Crippen LogP contribution in [0.3, 0.4) is 0 Å². The second-order valence-electron chi connectivity index (χ2n) is 5.12. The Morgan fingerprint density at radius 1 is 1.21 bits per heavy atom. The number of carbonyl (C=O) groups is 1. The summed E-state index contributed by atoms with van der Waals surface area (Å²) >= 11 is 0. The van der Waals surface area contributed by atoms with Crippen molar-refractivity contribution in [3.05, 3.63) is 0 Å². The molecule has 110 valence electrons. The molecule has 0 N–H and O–H groups in total. The highest BCUT2D eigenvalue weighted by molar-refractivity contribution is 7.39. The summed E-state index contributed by atoms with van der Waals surface area (Å²) in [6, 6.07) is 0. The molecular weight excluding hydrogens is 263 g/mol. The van der Waals surface area contributed by atoms with E-state index in [1.807, 2.05) is 6.92 Å². The molecule has 1 aliphatic carbocycles. The van der Waals surface area contributed by atoms with Crippen molar-refractivity contribution in [1.82, 2.24) is 0 Å². The van der Waals surface area contributed by atoms with Gasteiger partial charge in [-0.3, -0.25) is 4.79 Å². The van der Waals surface area contributed by atoms with Crippen LogP contribution in [0.25, 0.3) is 0 Å². The topological polar surface area (TPSA) is 52.6 Å². The van der Waals surface area contributed by atoms with Gasteiger partial charge in [-0.2, -0.15) is 0 Å². The molecule has 0 spiro atoms. The van der Waals surface area contributed by atoms with Gasteiger partial charge in [-0.15, -0.1) is 4.52 Å². The van der Waals surface area contributed by atoms with Crippen molar-refractivity contribution in [2.24, 2.45) is 11.8 Å². The Morgan fingerprint density at radius 3 is 2.47 bits per heavy atom. The van der Waals surface area contributed by atoms with Crippen LogP contribution >= 0.6 is 8.03 Å². The fourth-order valence-electron chi connectivity index (χ4n) is 2.71. The molecule has 0 aromatic carbocycles. The predicted octanol–water partition coefficient (Wildman–Crippen LogP) is 3.92. The molecule has 1 saturated carbocycles. The normalized spacial score (nSPS) is 18.9.